The number of hydrogen-bond donors (Lipinski definition) is 3. The summed E-state index contributed by atoms with van der Waals surface area (Å²) < 4.78 is 0. The largest absolute Gasteiger partial charge is 0.358 e. The first kappa shape index (κ1) is 15.1. The minimum Gasteiger partial charge on any atom is -0.358 e. The lowest BCUT2D eigenvalue weighted by Gasteiger charge is -2.12. The average Bonchev–Trinajstić information content (AvgIpc) is 2.99. The molecule has 0 saturated carbocycles. The summed E-state index contributed by atoms with van der Waals surface area (Å²) in [6, 6.07) is 11.4. The van der Waals surface area contributed by atoms with E-state index in [1.54, 1.807) is 12.3 Å². The van der Waals surface area contributed by atoms with Crippen LogP contribution >= 0.6 is 35.4 Å². The topological polar surface area (TPSA) is 52.7 Å². The lowest BCUT2D eigenvalue weighted by Crippen LogP contribution is -2.28. The highest BCUT2D eigenvalue weighted by Crippen LogP contribution is 2.29. The smallest absolute Gasteiger partial charge is 0.171 e. The van der Waals surface area contributed by atoms with Crippen molar-refractivity contribution in [1.82, 2.24) is 15.5 Å². The van der Waals surface area contributed by atoms with Crippen LogP contribution in [-0.4, -0.2) is 15.3 Å². The number of nitrogens with zero attached hydrogens (tertiary/aromatic N) is 1. The highest BCUT2D eigenvalue weighted by Gasteiger charge is 2.07. The molecular weight excluding hydrogens is 339 g/mol. The van der Waals surface area contributed by atoms with E-state index >= 15 is 0 Å². The van der Waals surface area contributed by atoms with Crippen LogP contribution in [0.2, 0.25) is 10.0 Å². The minimum absolute atomic E-state index is 0.448. The van der Waals surface area contributed by atoms with Gasteiger partial charge in [0.1, 0.15) is 0 Å². The van der Waals surface area contributed by atoms with Crippen LogP contribution < -0.4 is 10.6 Å². The third-order valence-corrected chi connectivity index (χ3v) is 4.27. The Balaban J connectivity index is 1.68. The zero-order valence-corrected chi connectivity index (χ0v) is 13.7. The second kappa shape index (κ2) is 6.52. The number of aromatic nitrogens is 2. The standard InChI is InChI=1S/C15H12Cl2N4S/c16-11-5-2-6-12(13(11)17)20-15(22)18-7-9-3-1-4-10-8-19-21-14(9)10/h1-6,8H,7H2,(H,19,21)(H2,18,20,22). The summed E-state index contributed by atoms with van der Waals surface area (Å²) in [4.78, 5) is 0. The Morgan fingerprint density at radius 3 is 2.86 bits per heavy atom. The molecule has 0 amide bonds. The summed E-state index contributed by atoms with van der Waals surface area (Å²) in [6.45, 7) is 0.573. The van der Waals surface area contributed by atoms with Crippen LogP contribution in [0.5, 0.6) is 0 Å². The number of H-pyrrole nitrogens is 1. The van der Waals surface area contributed by atoms with Gasteiger partial charge in [-0.15, -0.1) is 0 Å². The van der Waals surface area contributed by atoms with Gasteiger partial charge in [0.2, 0.25) is 0 Å². The first-order valence-corrected chi connectivity index (χ1v) is 7.71. The summed E-state index contributed by atoms with van der Waals surface area (Å²) in [5, 5.41) is 15.7. The maximum atomic E-state index is 6.12. The molecule has 1 aromatic heterocycles. The molecule has 4 nitrogen and oxygen atoms in total. The fourth-order valence-electron chi connectivity index (χ4n) is 2.12. The Labute approximate surface area is 142 Å². The average molecular weight is 351 g/mol. The monoisotopic (exact) mass is 350 g/mol. The van der Waals surface area contributed by atoms with Crippen LogP contribution in [0.4, 0.5) is 5.69 Å². The van der Waals surface area contributed by atoms with Gasteiger partial charge in [0.25, 0.3) is 0 Å². The van der Waals surface area contributed by atoms with Gasteiger partial charge in [-0.1, -0.05) is 47.5 Å². The van der Waals surface area contributed by atoms with Crippen molar-refractivity contribution in [3.63, 3.8) is 0 Å². The molecule has 112 valence electrons. The Morgan fingerprint density at radius 1 is 1.18 bits per heavy atom. The SMILES string of the molecule is S=C(NCc1cccc2cn[nH]c12)Nc1cccc(Cl)c1Cl. The van der Waals surface area contributed by atoms with Gasteiger partial charge >= 0.3 is 0 Å². The summed E-state index contributed by atoms with van der Waals surface area (Å²) >= 11 is 17.4. The second-order valence-electron chi connectivity index (χ2n) is 4.66. The molecule has 0 aliphatic rings. The van der Waals surface area contributed by atoms with Gasteiger partial charge in [0.15, 0.2) is 5.11 Å². The van der Waals surface area contributed by atoms with Crippen LogP contribution in [0, 0.1) is 0 Å². The molecule has 2 aromatic carbocycles. The summed E-state index contributed by atoms with van der Waals surface area (Å²) in [5.74, 6) is 0. The van der Waals surface area contributed by atoms with E-state index in [-0.39, 0.29) is 0 Å². The Morgan fingerprint density at radius 2 is 2.00 bits per heavy atom. The lowest BCUT2D eigenvalue weighted by molar-refractivity contribution is 0.928. The summed E-state index contributed by atoms with van der Waals surface area (Å²) in [5.41, 5.74) is 2.75. The summed E-state index contributed by atoms with van der Waals surface area (Å²) in [6.07, 6.45) is 1.79. The molecule has 22 heavy (non-hydrogen) atoms. The molecule has 1 heterocycles. The molecule has 0 atom stereocenters. The van der Waals surface area contributed by atoms with Crippen LogP contribution in [0.25, 0.3) is 10.9 Å². The van der Waals surface area contributed by atoms with Crippen molar-refractivity contribution < 1.29 is 0 Å². The van der Waals surface area contributed by atoms with Gasteiger partial charge in [-0.2, -0.15) is 5.10 Å². The van der Waals surface area contributed by atoms with Crippen molar-refractivity contribution in [2.45, 2.75) is 6.54 Å². The van der Waals surface area contributed by atoms with Gasteiger partial charge in [0, 0.05) is 11.9 Å². The highest BCUT2D eigenvalue weighted by molar-refractivity contribution is 7.80. The van der Waals surface area contributed by atoms with Crippen molar-refractivity contribution in [3.8, 4) is 0 Å². The molecule has 0 spiro atoms. The van der Waals surface area contributed by atoms with E-state index < -0.39 is 0 Å². The normalized spacial score (nSPS) is 10.6. The summed E-state index contributed by atoms with van der Waals surface area (Å²) in [7, 11) is 0. The Hall–Kier alpha value is -1.82. The van der Waals surface area contributed by atoms with Crippen LogP contribution in [-0.2, 0) is 6.54 Å². The number of benzene rings is 2. The lowest BCUT2D eigenvalue weighted by atomic mass is 10.1. The van der Waals surface area contributed by atoms with Crippen LogP contribution in [0.1, 0.15) is 5.56 Å². The van der Waals surface area contributed by atoms with Gasteiger partial charge < -0.3 is 10.6 Å². The van der Waals surface area contributed by atoms with Gasteiger partial charge in [-0.05, 0) is 29.9 Å². The van der Waals surface area contributed by atoms with Crippen molar-refractivity contribution >= 4 is 57.1 Å². The van der Waals surface area contributed by atoms with Crippen molar-refractivity contribution in [3.05, 3.63) is 58.2 Å². The van der Waals surface area contributed by atoms with Crippen LogP contribution in [0.3, 0.4) is 0 Å². The second-order valence-corrected chi connectivity index (χ2v) is 5.85. The van der Waals surface area contributed by atoms with Crippen molar-refractivity contribution in [2.24, 2.45) is 0 Å². The molecule has 3 N–H and O–H groups in total. The third-order valence-electron chi connectivity index (χ3n) is 3.20. The zero-order valence-electron chi connectivity index (χ0n) is 11.4. The third kappa shape index (κ3) is 3.16. The minimum atomic E-state index is 0.448. The van der Waals surface area contributed by atoms with Crippen LogP contribution in [0.15, 0.2) is 42.6 Å². The number of halogens is 2. The predicted molar refractivity (Wildman–Crippen MR) is 95.6 cm³/mol. The first-order valence-electron chi connectivity index (χ1n) is 6.55. The van der Waals surface area contributed by atoms with Crippen molar-refractivity contribution in [1.29, 1.82) is 0 Å². The van der Waals surface area contributed by atoms with Gasteiger partial charge in [-0.25, -0.2) is 0 Å². The van der Waals surface area contributed by atoms with E-state index in [9.17, 15) is 0 Å². The molecule has 3 rings (SSSR count). The quantitative estimate of drug-likeness (QED) is 0.614. The number of fused-ring (bicyclic) bond motifs is 1. The van der Waals surface area contributed by atoms with Gasteiger partial charge in [0.05, 0.1) is 27.4 Å². The van der Waals surface area contributed by atoms with E-state index in [0.29, 0.717) is 27.4 Å². The van der Waals surface area contributed by atoms with E-state index in [1.807, 2.05) is 30.3 Å². The molecule has 0 aliphatic carbocycles. The van der Waals surface area contributed by atoms with Gasteiger partial charge in [-0.3, -0.25) is 5.10 Å². The van der Waals surface area contributed by atoms with E-state index in [0.717, 1.165) is 16.5 Å². The first-order chi connectivity index (χ1) is 10.6. The van der Waals surface area contributed by atoms with E-state index in [1.165, 1.54) is 0 Å². The maximum Gasteiger partial charge on any atom is 0.171 e. The Bertz CT molecular complexity index is 831. The number of nitrogens with one attached hydrogen (secondary N) is 3. The molecule has 7 heteroatoms. The van der Waals surface area contributed by atoms with E-state index in [4.69, 9.17) is 35.4 Å². The van der Waals surface area contributed by atoms with E-state index in [2.05, 4.69) is 20.8 Å². The van der Waals surface area contributed by atoms with Crippen molar-refractivity contribution in [2.75, 3.05) is 5.32 Å². The predicted octanol–water partition coefficient (Wildman–Crippen LogP) is 4.36. The Kier molecular flexibility index (Phi) is 4.47. The fraction of sp³-hybridized carbons (Fsp3) is 0.0667. The molecule has 0 radical (unpaired) electrons. The maximum absolute atomic E-state index is 6.12. The zero-order chi connectivity index (χ0) is 15.5. The highest BCUT2D eigenvalue weighted by atomic mass is 35.5. The molecule has 0 saturated heterocycles. The number of hydrogen-bond acceptors (Lipinski definition) is 2. The molecule has 0 bridgehead atoms. The molecule has 3 aromatic rings. The number of anilines is 1. The number of aromatic amines is 1. The molecule has 0 aliphatic heterocycles. The fourth-order valence-corrected chi connectivity index (χ4v) is 2.65. The molecule has 0 unspecified atom stereocenters. The number of rotatable bonds is 3. The molecule has 0 fully saturated rings. The molecular formula is C15H12Cl2N4S. The number of para-hydroxylation sites is 1. The number of thiocarbonyl (C=S) groups is 1.